The lowest BCUT2D eigenvalue weighted by atomic mass is 10.3. The second-order valence-electron chi connectivity index (χ2n) is 2.96. The molecule has 0 aliphatic heterocycles. The van der Waals surface area contributed by atoms with E-state index in [-0.39, 0.29) is 15.7 Å². The Morgan fingerprint density at radius 3 is 2.82 bits per heavy atom. The molecular weight excluding hydrogens is 330 g/mol. The molecule has 3 N–H and O–H groups in total. The third kappa shape index (κ3) is 2.70. The van der Waals surface area contributed by atoms with Gasteiger partial charge in [-0.05, 0) is 23.4 Å². The molecule has 90 valence electrons. The zero-order valence-corrected chi connectivity index (χ0v) is 11.4. The molecule has 0 aliphatic carbocycles. The van der Waals surface area contributed by atoms with E-state index in [1.165, 1.54) is 12.1 Å². The zero-order chi connectivity index (χ0) is 12.5. The number of sulfonamides is 1. The standard InChI is InChI=1S/C7H6BrN5O2S2/c8-4-1-2-5(9)6(3-4)17(14,15)11-7-10-12-13-16-7/h1-3H,9H2,(H,10,11,13). The topological polar surface area (TPSA) is 111 Å². The van der Waals surface area contributed by atoms with Crippen molar-refractivity contribution in [1.82, 2.24) is 14.8 Å². The number of nitrogen functional groups attached to an aromatic ring is 1. The molecule has 0 saturated heterocycles. The number of hydrogen-bond donors (Lipinski definition) is 2. The van der Waals surface area contributed by atoms with Gasteiger partial charge >= 0.3 is 0 Å². The molecule has 0 atom stereocenters. The Hall–Kier alpha value is -1.26. The van der Waals surface area contributed by atoms with E-state index in [4.69, 9.17) is 5.73 Å². The fourth-order valence-electron chi connectivity index (χ4n) is 1.08. The third-order valence-corrected chi connectivity index (χ3v) is 4.31. The van der Waals surface area contributed by atoms with Gasteiger partial charge < -0.3 is 5.73 Å². The smallest absolute Gasteiger partial charge is 0.265 e. The quantitative estimate of drug-likeness (QED) is 0.812. The van der Waals surface area contributed by atoms with Gasteiger partial charge in [-0.15, -0.1) is 0 Å². The summed E-state index contributed by atoms with van der Waals surface area (Å²) < 4.78 is 30.2. The van der Waals surface area contributed by atoms with Crippen LogP contribution in [-0.4, -0.2) is 23.2 Å². The number of nitrogens with zero attached hydrogens (tertiary/aromatic N) is 3. The van der Waals surface area contributed by atoms with Gasteiger partial charge in [0.15, 0.2) is 0 Å². The molecule has 0 aliphatic rings. The summed E-state index contributed by atoms with van der Waals surface area (Å²) in [4.78, 5) is -0.0259. The van der Waals surface area contributed by atoms with Crippen LogP contribution in [0.25, 0.3) is 0 Å². The van der Waals surface area contributed by atoms with E-state index < -0.39 is 10.0 Å². The second kappa shape index (κ2) is 4.55. The minimum Gasteiger partial charge on any atom is -0.398 e. The van der Waals surface area contributed by atoms with Crippen molar-refractivity contribution >= 4 is 48.3 Å². The van der Waals surface area contributed by atoms with E-state index in [2.05, 4.69) is 35.5 Å². The van der Waals surface area contributed by atoms with Crippen molar-refractivity contribution in [3.05, 3.63) is 22.7 Å². The predicted molar refractivity (Wildman–Crippen MR) is 67.1 cm³/mol. The van der Waals surface area contributed by atoms with E-state index in [1.54, 1.807) is 6.07 Å². The molecule has 0 fully saturated rings. The summed E-state index contributed by atoms with van der Waals surface area (Å²) in [6, 6.07) is 4.56. The molecule has 0 unspecified atom stereocenters. The highest BCUT2D eigenvalue weighted by atomic mass is 79.9. The van der Waals surface area contributed by atoms with E-state index in [1.807, 2.05) is 0 Å². The Balaban J connectivity index is 2.41. The van der Waals surface area contributed by atoms with Crippen LogP contribution < -0.4 is 10.5 Å². The molecule has 1 heterocycles. The van der Waals surface area contributed by atoms with Crippen LogP contribution in [0.1, 0.15) is 0 Å². The first-order chi connectivity index (χ1) is 7.99. The van der Waals surface area contributed by atoms with Gasteiger partial charge in [0.25, 0.3) is 10.0 Å². The molecule has 0 radical (unpaired) electrons. The van der Waals surface area contributed by atoms with Gasteiger partial charge in [-0.25, -0.2) is 8.42 Å². The van der Waals surface area contributed by atoms with Crippen LogP contribution in [0, 0.1) is 0 Å². The largest absolute Gasteiger partial charge is 0.398 e. The van der Waals surface area contributed by atoms with Gasteiger partial charge in [0.1, 0.15) is 4.90 Å². The zero-order valence-electron chi connectivity index (χ0n) is 8.16. The third-order valence-electron chi connectivity index (χ3n) is 1.79. The molecular formula is C7H6BrN5O2S2. The highest BCUT2D eigenvalue weighted by Gasteiger charge is 2.19. The highest BCUT2D eigenvalue weighted by Crippen LogP contribution is 2.25. The molecule has 2 rings (SSSR count). The first-order valence-electron chi connectivity index (χ1n) is 4.22. The van der Waals surface area contributed by atoms with Gasteiger partial charge in [-0.1, -0.05) is 25.5 Å². The number of nitrogens with two attached hydrogens (primary N) is 1. The van der Waals surface area contributed by atoms with Crippen molar-refractivity contribution in [3.8, 4) is 0 Å². The number of aromatic nitrogens is 3. The van der Waals surface area contributed by atoms with Crippen LogP contribution in [0.2, 0.25) is 0 Å². The minimum absolute atomic E-state index is 0.0259. The number of benzene rings is 1. The van der Waals surface area contributed by atoms with Crippen molar-refractivity contribution in [2.24, 2.45) is 0 Å². The first-order valence-corrected chi connectivity index (χ1v) is 7.27. The first kappa shape index (κ1) is 12.2. The molecule has 10 heteroatoms. The minimum atomic E-state index is -3.77. The van der Waals surface area contributed by atoms with Crippen LogP contribution in [0.15, 0.2) is 27.6 Å². The van der Waals surface area contributed by atoms with Crippen LogP contribution in [0.5, 0.6) is 0 Å². The molecule has 2 aromatic rings. The van der Waals surface area contributed by atoms with Crippen molar-refractivity contribution in [3.63, 3.8) is 0 Å². The van der Waals surface area contributed by atoms with Crippen LogP contribution in [0.3, 0.4) is 0 Å². The van der Waals surface area contributed by atoms with Crippen molar-refractivity contribution in [1.29, 1.82) is 0 Å². The van der Waals surface area contributed by atoms with Gasteiger partial charge in [0.05, 0.1) is 5.69 Å². The highest BCUT2D eigenvalue weighted by molar-refractivity contribution is 9.10. The maximum absolute atomic E-state index is 12.0. The fraction of sp³-hybridized carbons (Fsp3) is 0. The Morgan fingerprint density at radius 2 is 2.18 bits per heavy atom. The lowest BCUT2D eigenvalue weighted by Gasteiger charge is -2.07. The summed E-state index contributed by atoms with van der Waals surface area (Å²) in [5.41, 5.74) is 5.77. The number of anilines is 2. The van der Waals surface area contributed by atoms with Crippen LogP contribution in [0.4, 0.5) is 10.8 Å². The molecule has 0 saturated carbocycles. The molecule has 0 bridgehead atoms. The van der Waals surface area contributed by atoms with E-state index in [0.717, 1.165) is 11.5 Å². The lowest BCUT2D eigenvalue weighted by molar-refractivity contribution is 0.601. The second-order valence-corrected chi connectivity index (χ2v) is 6.25. The molecule has 17 heavy (non-hydrogen) atoms. The van der Waals surface area contributed by atoms with Crippen molar-refractivity contribution in [2.45, 2.75) is 4.90 Å². The Morgan fingerprint density at radius 1 is 1.41 bits per heavy atom. The summed E-state index contributed by atoms with van der Waals surface area (Å²) in [7, 11) is -3.77. The van der Waals surface area contributed by atoms with Gasteiger partial charge in [-0.3, -0.25) is 4.72 Å². The summed E-state index contributed by atoms with van der Waals surface area (Å²) >= 11 is 4.02. The summed E-state index contributed by atoms with van der Waals surface area (Å²) in [6.07, 6.45) is 0. The van der Waals surface area contributed by atoms with E-state index >= 15 is 0 Å². The van der Waals surface area contributed by atoms with Crippen LogP contribution in [-0.2, 0) is 10.0 Å². The summed E-state index contributed by atoms with van der Waals surface area (Å²) in [6.45, 7) is 0. The monoisotopic (exact) mass is 335 g/mol. The van der Waals surface area contributed by atoms with E-state index in [9.17, 15) is 8.42 Å². The number of rotatable bonds is 3. The van der Waals surface area contributed by atoms with Gasteiger partial charge in [0.2, 0.25) is 5.13 Å². The van der Waals surface area contributed by atoms with Gasteiger partial charge in [-0.2, -0.15) is 0 Å². The molecule has 1 aromatic carbocycles. The van der Waals surface area contributed by atoms with E-state index in [0.29, 0.717) is 4.47 Å². The van der Waals surface area contributed by atoms with Crippen LogP contribution >= 0.6 is 27.5 Å². The fourth-order valence-corrected chi connectivity index (χ4v) is 3.34. The van der Waals surface area contributed by atoms with Gasteiger partial charge in [0, 0.05) is 16.0 Å². The number of hydrogen-bond acceptors (Lipinski definition) is 7. The Labute approximate surface area is 109 Å². The molecule has 1 aromatic heterocycles. The predicted octanol–water partition coefficient (Wildman–Crippen LogP) is 1.08. The summed E-state index contributed by atoms with van der Waals surface area (Å²) in [5, 5.41) is 6.87. The average Bonchev–Trinajstić information content (AvgIpc) is 2.73. The number of nitrogens with one attached hydrogen (secondary N) is 1. The lowest BCUT2D eigenvalue weighted by Crippen LogP contribution is -2.14. The maximum Gasteiger partial charge on any atom is 0.265 e. The van der Waals surface area contributed by atoms with Crippen molar-refractivity contribution in [2.75, 3.05) is 10.5 Å². The Bertz CT molecular complexity index is 628. The Kier molecular flexibility index (Phi) is 3.26. The molecule has 0 amide bonds. The summed E-state index contributed by atoms with van der Waals surface area (Å²) in [5.74, 6) is 0. The number of halogens is 1. The normalized spacial score (nSPS) is 11.4. The maximum atomic E-state index is 12.0. The SMILES string of the molecule is Nc1ccc(Br)cc1S(=O)(=O)Nc1nnns1. The average molecular weight is 336 g/mol. The van der Waals surface area contributed by atoms with Crippen molar-refractivity contribution < 1.29 is 8.42 Å². The molecule has 7 nitrogen and oxygen atoms in total. The molecule has 0 spiro atoms.